The van der Waals surface area contributed by atoms with Crippen LogP contribution in [0.4, 0.5) is 8.78 Å². The van der Waals surface area contributed by atoms with E-state index in [1.807, 2.05) is 22.6 Å². The van der Waals surface area contributed by atoms with Crippen LogP contribution in [0.3, 0.4) is 0 Å². The fourth-order valence-electron chi connectivity index (χ4n) is 0.660. The van der Waals surface area contributed by atoms with Gasteiger partial charge in [0.05, 0.1) is 0 Å². The molecule has 1 rings (SSSR count). The third-order valence-corrected chi connectivity index (χ3v) is 2.31. The van der Waals surface area contributed by atoms with E-state index >= 15 is 0 Å². The van der Waals surface area contributed by atoms with Crippen molar-refractivity contribution in [1.82, 2.24) is 4.98 Å². The van der Waals surface area contributed by atoms with Gasteiger partial charge in [-0.1, -0.05) is 0 Å². The van der Waals surface area contributed by atoms with Crippen molar-refractivity contribution in [1.29, 1.82) is 0 Å². The second-order valence-electron chi connectivity index (χ2n) is 2.13. The van der Waals surface area contributed by atoms with E-state index in [0.29, 0.717) is 10.4 Å². The molecule has 0 aliphatic rings. The van der Waals surface area contributed by atoms with Crippen LogP contribution in [0.1, 0.15) is 0 Å². The molecule has 2 nitrogen and oxygen atoms in total. The summed E-state index contributed by atoms with van der Waals surface area (Å²) in [6, 6.07) is 3.29. The van der Waals surface area contributed by atoms with E-state index in [1.54, 1.807) is 12.1 Å². The van der Waals surface area contributed by atoms with E-state index in [4.69, 9.17) is 4.74 Å². The van der Waals surface area contributed by atoms with Crippen molar-refractivity contribution < 1.29 is 13.5 Å². The Labute approximate surface area is 96.0 Å². The maximum atomic E-state index is 11.8. The van der Waals surface area contributed by atoms with Crippen LogP contribution in [0, 0.1) is 3.70 Å². The second kappa shape index (κ2) is 5.04. The van der Waals surface area contributed by atoms with Crippen LogP contribution in [-0.4, -0.2) is 18.0 Å². The Hall–Kier alpha value is 0.0200. The lowest BCUT2D eigenvalue weighted by molar-refractivity contribution is 0.0813. The zero-order valence-corrected chi connectivity index (χ0v) is 10.0. The van der Waals surface area contributed by atoms with Gasteiger partial charge in [0, 0.05) is 0 Å². The molecular formula is C7H5BrF2INO. The standard InChI is InChI=1S/C7H5BrF2INO/c8-7-4(13-3-5(9)10)1-2-6(11)12-7/h1-2,5H,3H2. The number of alkyl halides is 2. The fourth-order valence-corrected chi connectivity index (χ4v) is 1.85. The molecule has 1 aromatic heterocycles. The Morgan fingerprint density at radius 1 is 1.54 bits per heavy atom. The molecule has 0 spiro atoms. The summed E-state index contributed by atoms with van der Waals surface area (Å²) >= 11 is 5.13. The predicted molar refractivity (Wildman–Crippen MR) is 56.2 cm³/mol. The number of aromatic nitrogens is 1. The summed E-state index contributed by atoms with van der Waals surface area (Å²) in [7, 11) is 0. The first kappa shape index (κ1) is 11.1. The minimum atomic E-state index is -2.47. The molecule has 0 bridgehead atoms. The highest BCUT2D eigenvalue weighted by molar-refractivity contribution is 14.1. The molecule has 6 heteroatoms. The molecule has 0 amide bonds. The van der Waals surface area contributed by atoms with Gasteiger partial charge < -0.3 is 4.74 Å². The van der Waals surface area contributed by atoms with Gasteiger partial charge in [0.1, 0.15) is 14.9 Å². The SMILES string of the molecule is FC(F)COc1ccc(I)nc1Br. The predicted octanol–water partition coefficient (Wildman–Crippen LogP) is 3.09. The molecule has 72 valence electrons. The molecule has 0 aliphatic heterocycles. The third-order valence-electron chi connectivity index (χ3n) is 1.15. The fraction of sp³-hybridized carbons (Fsp3) is 0.286. The van der Waals surface area contributed by atoms with E-state index < -0.39 is 13.0 Å². The number of ether oxygens (including phenoxy) is 1. The van der Waals surface area contributed by atoms with Gasteiger partial charge >= 0.3 is 0 Å². The molecule has 1 aromatic rings. The Balaban J connectivity index is 2.67. The molecule has 1 heterocycles. The van der Waals surface area contributed by atoms with Crippen LogP contribution in [-0.2, 0) is 0 Å². The minimum Gasteiger partial charge on any atom is -0.485 e. The summed E-state index contributed by atoms with van der Waals surface area (Å²) < 4.78 is 29.5. The van der Waals surface area contributed by atoms with Crippen LogP contribution in [0.5, 0.6) is 5.75 Å². The molecule has 0 saturated heterocycles. The Kier molecular flexibility index (Phi) is 4.30. The van der Waals surface area contributed by atoms with Crippen LogP contribution in [0.15, 0.2) is 16.7 Å². The highest BCUT2D eigenvalue weighted by Crippen LogP contribution is 2.23. The molecule has 0 atom stereocenters. The summed E-state index contributed by atoms with van der Waals surface area (Å²) in [4.78, 5) is 3.98. The van der Waals surface area contributed by atoms with Crippen LogP contribution in [0.2, 0.25) is 0 Å². The lowest BCUT2D eigenvalue weighted by Gasteiger charge is -2.06. The van der Waals surface area contributed by atoms with Crippen LogP contribution in [0.25, 0.3) is 0 Å². The smallest absolute Gasteiger partial charge is 0.272 e. The van der Waals surface area contributed by atoms with Crippen molar-refractivity contribution in [3.05, 3.63) is 20.4 Å². The third kappa shape index (κ3) is 3.72. The average molecular weight is 364 g/mol. The van der Waals surface area contributed by atoms with Gasteiger partial charge in [-0.2, -0.15) is 0 Å². The molecule has 0 aliphatic carbocycles. The summed E-state index contributed by atoms with van der Waals surface area (Å²) in [6.45, 7) is -0.610. The first-order valence-corrected chi connectivity index (χ1v) is 5.20. The highest BCUT2D eigenvalue weighted by Gasteiger charge is 2.07. The number of rotatable bonds is 3. The average Bonchev–Trinajstić information content (AvgIpc) is 2.02. The Morgan fingerprint density at radius 2 is 2.23 bits per heavy atom. The molecule has 0 saturated carbocycles. The van der Waals surface area contributed by atoms with E-state index in [-0.39, 0.29) is 0 Å². The van der Waals surface area contributed by atoms with Crippen molar-refractivity contribution in [2.75, 3.05) is 6.61 Å². The van der Waals surface area contributed by atoms with E-state index in [9.17, 15) is 8.78 Å². The highest BCUT2D eigenvalue weighted by atomic mass is 127. The van der Waals surface area contributed by atoms with E-state index in [1.165, 1.54) is 0 Å². The van der Waals surface area contributed by atoms with Crippen molar-refractivity contribution >= 4 is 38.5 Å². The van der Waals surface area contributed by atoms with Gasteiger partial charge in [0.15, 0.2) is 5.75 Å². The number of nitrogens with zero attached hydrogens (tertiary/aromatic N) is 1. The summed E-state index contributed by atoms with van der Waals surface area (Å²) in [6.07, 6.45) is -2.47. The van der Waals surface area contributed by atoms with Crippen molar-refractivity contribution in [3.63, 3.8) is 0 Å². The minimum absolute atomic E-state index is 0.334. The van der Waals surface area contributed by atoms with Crippen LogP contribution < -0.4 is 4.74 Å². The zero-order valence-electron chi connectivity index (χ0n) is 6.31. The van der Waals surface area contributed by atoms with Gasteiger partial charge in [-0.15, -0.1) is 0 Å². The first-order valence-electron chi connectivity index (χ1n) is 3.32. The van der Waals surface area contributed by atoms with Crippen molar-refractivity contribution in [2.45, 2.75) is 6.43 Å². The van der Waals surface area contributed by atoms with Crippen molar-refractivity contribution in [2.24, 2.45) is 0 Å². The molecule has 0 radical (unpaired) electrons. The zero-order chi connectivity index (χ0) is 9.84. The number of halogens is 4. The summed E-state index contributed by atoms with van der Waals surface area (Å²) in [5.74, 6) is 0.334. The Bertz CT molecular complexity index is 298. The monoisotopic (exact) mass is 363 g/mol. The van der Waals surface area contributed by atoms with E-state index in [2.05, 4.69) is 20.9 Å². The maximum Gasteiger partial charge on any atom is 0.272 e. The van der Waals surface area contributed by atoms with Gasteiger partial charge in [-0.25, -0.2) is 13.8 Å². The lowest BCUT2D eigenvalue weighted by atomic mass is 10.5. The molecule has 0 unspecified atom stereocenters. The molecule has 0 aromatic carbocycles. The number of hydrogen-bond donors (Lipinski definition) is 0. The molecular weight excluding hydrogens is 359 g/mol. The quantitative estimate of drug-likeness (QED) is 0.608. The maximum absolute atomic E-state index is 11.8. The first-order chi connectivity index (χ1) is 6.09. The second-order valence-corrected chi connectivity index (χ2v) is 3.98. The van der Waals surface area contributed by atoms with E-state index in [0.717, 1.165) is 3.70 Å². The van der Waals surface area contributed by atoms with Crippen molar-refractivity contribution in [3.8, 4) is 5.75 Å². The van der Waals surface area contributed by atoms with Gasteiger partial charge in [0.2, 0.25) is 0 Å². The van der Waals surface area contributed by atoms with Gasteiger partial charge in [-0.05, 0) is 50.7 Å². The van der Waals surface area contributed by atoms with Gasteiger partial charge in [-0.3, -0.25) is 0 Å². The van der Waals surface area contributed by atoms with Crippen LogP contribution >= 0.6 is 38.5 Å². The normalized spacial score (nSPS) is 10.5. The number of pyridine rings is 1. The largest absolute Gasteiger partial charge is 0.485 e. The molecule has 0 fully saturated rings. The summed E-state index contributed by atoms with van der Waals surface area (Å²) in [5.41, 5.74) is 0. The topological polar surface area (TPSA) is 22.1 Å². The molecule has 0 N–H and O–H groups in total. The summed E-state index contributed by atoms with van der Waals surface area (Å²) in [5, 5.41) is 0. The van der Waals surface area contributed by atoms with Gasteiger partial charge in [0.25, 0.3) is 6.43 Å². The lowest BCUT2D eigenvalue weighted by Crippen LogP contribution is -2.07. The molecule has 13 heavy (non-hydrogen) atoms. The number of hydrogen-bond acceptors (Lipinski definition) is 2. The Morgan fingerprint density at radius 3 is 2.77 bits per heavy atom.